The van der Waals surface area contributed by atoms with Crippen molar-refractivity contribution < 1.29 is 22.3 Å². The van der Waals surface area contributed by atoms with E-state index in [-0.39, 0.29) is 29.2 Å². The van der Waals surface area contributed by atoms with Crippen LogP contribution in [0.2, 0.25) is 0 Å². The van der Waals surface area contributed by atoms with E-state index in [1.54, 1.807) is 0 Å². The summed E-state index contributed by atoms with van der Waals surface area (Å²) in [5, 5.41) is 7.45. The molecule has 6 nitrogen and oxygen atoms in total. The number of ether oxygens (including phenoxy) is 1. The first-order chi connectivity index (χ1) is 8.90. The van der Waals surface area contributed by atoms with Gasteiger partial charge in [0.25, 0.3) is 5.91 Å². The molecule has 0 heterocycles. The number of carbonyl (C=O) groups is 1. The molecule has 19 heavy (non-hydrogen) atoms. The third kappa shape index (κ3) is 4.18. The molecule has 0 fully saturated rings. The molecule has 106 valence electrons. The Bertz CT molecular complexity index is 560. The maximum absolute atomic E-state index is 11.9. The molecule has 0 radical (unpaired) electrons. The van der Waals surface area contributed by atoms with Crippen molar-refractivity contribution >= 4 is 15.9 Å². The Morgan fingerprint density at radius 2 is 2.16 bits per heavy atom. The zero-order valence-corrected chi connectivity index (χ0v) is 11.2. The molecular formula is C11H15FN2O4S. The molecule has 1 rings (SSSR count). The summed E-state index contributed by atoms with van der Waals surface area (Å²) in [6.07, 6.45) is 0.183. The first kappa shape index (κ1) is 15.4. The predicted molar refractivity (Wildman–Crippen MR) is 67.3 cm³/mol. The fourth-order valence-electron chi connectivity index (χ4n) is 1.41. The van der Waals surface area contributed by atoms with Crippen LogP contribution in [0.5, 0.6) is 5.75 Å². The lowest BCUT2D eigenvalue weighted by molar-refractivity contribution is 0.0949. The van der Waals surface area contributed by atoms with Gasteiger partial charge in [0.15, 0.2) is 0 Å². The van der Waals surface area contributed by atoms with E-state index in [4.69, 9.17) is 9.88 Å². The van der Waals surface area contributed by atoms with Gasteiger partial charge in [-0.05, 0) is 24.6 Å². The van der Waals surface area contributed by atoms with Gasteiger partial charge in [-0.1, -0.05) is 0 Å². The van der Waals surface area contributed by atoms with Gasteiger partial charge in [0.2, 0.25) is 10.0 Å². The highest BCUT2D eigenvalue weighted by Gasteiger charge is 2.16. The number of nitrogens with one attached hydrogen (secondary N) is 1. The van der Waals surface area contributed by atoms with Crippen LogP contribution in [-0.2, 0) is 10.0 Å². The van der Waals surface area contributed by atoms with Crippen LogP contribution in [0.15, 0.2) is 23.1 Å². The van der Waals surface area contributed by atoms with Crippen molar-refractivity contribution in [2.24, 2.45) is 5.14 Å². The molecule has 0 saturated carbocycles. The summed E-state index contributed by atoms with van der Waals surface area (Å²) < 4.78 is 39.4. The fraction of sp³-hybridized carbons (Fsp3) is 0.364. The van der Waals surface area contributed by atoms with Crippen molar-refractivity contribution in [3.63, 3.8) is 0 Å². The molecule has 8 heteroatoms. The Morgan fingerprint density at radius 3 is 2.68 bits per heavy atom. The average molecular weight is 290 g/mol. The Balaban J connectivity index is 3.06. The minimum Gasteiger partial charge on any atom is -0.496 e. The van der Waals surface area contributed by atoms with E-state index in [0.717, 1.165) is 6.07 Å². The summed E-state index contributed by atoms with van der Waals surface area (Å²) in [6, 6.07) is 3.70. The largest absolute Gasteiger partial charge is 0.496 e. The zero-order valence-electron chi connectivity index (χ0n) is 10.3. The van der Waals surface area contributed by atoms with E-state index in [9.17, 15) is 17.6 Å². The van der Waals surface area contributed by atoms with Gasteiger partial charge < -0.3 is 10.1 Å². The molecule has 0 saturated heterocycles. The van der Waals surface area contributed by atoms with Crippen molar-refractivity contribution in [3.8, 4) is 5.75 Å². The number of primary sulfonamides is 1. The second kappa shape index (κ2) is 6.48. The number of hydrogen-bond acceptors (Lipinski definition) is 4. The molecule has 0 spiro atoms. The maximum Gasteiger partial charge on any atom is 0.255 e. The third-order valence-corrected chi connectivity index (χ3v) is 3.25. The number of nitrogens with two attached hydrogens (primary N) is 1. The van der Waals surface area contributed by atoms with Crippen molar-refractivity contribution in [2.75, 3.05) is 20.3 Å². The van der Waals surface area contributed by atoms with Crippen LogP contribution in [-0.4, -0.2) is 34.7 Å². The summed E-state index contributed by atoms with van der Waals surface area (Å²) in [4.78, 5) is 11.6. The lowest BCUT2D eigenvalue weighted by Gasteiger charge is -2.10. The molecule has 0 bridgehead atoms. The van der Waals surface area contributed by atoms with Gasteiger partial charge in [-0.2, -0.15) is 0 Å². The van der Waals surface area contributed by atoms with Gasteiger partial charge in [-0.25, -0.2) is 13.6 Å². The van der Waals surface area contributed by atoms with Crippen LogP contribution in [0.4, 0.5) is 4.39 Å². The molecule has 3 N–H and O–H groups in total. The Hall–Kier alpha value is -1.67. The number of carbonyl (C=O) groups excluding carboxylic acids is 1. The monoisotopic (exact) mass is 290 g/mol. The first-order valence-electron chi connectivity index (χ1n) is 5.45. The Morgan fingerprint density at radius 1 is 1.47 bits per heavy atom. The fourth-order valence-corrected chi connectivity index (χ4v) is 1.95. The molecule has 0 unspecified atom stereocenters. The van der Waals surface area contributed by atoms with Crippen LogP contribution >= 0.6 is 0 Å². The van der Waals surface area contributed by atoms with Crippen molar-refractivity contribution in [1.29, 1.82) is 0 Å². The highest BCUT2D eigenvalue weighted by atomic mass is 32.2. The first-order valence-corrected chi connectivity index (χ1v) is 6.99. The van der Waals surface area contributed by atoms with E-state index < -0.39 is 22.6 Å². The minimum atomic E-state index is -3.90. The zero-order chi connectivity index (χ0) is 14.5. The van der Waals surface area contributed by atoms with Crippen LogP contribution in [0, 0.1) is 0 Å². The summed E-state index contributed by atoms with van der Waals surface area (Å²) in [5.74, 6) is -0.332. The smallest absolute Gasteiger partial charge is 0.255 e. The van der Waals surface area contributed by atoms with Gasteiger partial charge in [0.1, 0.15) is 5.75 Å². The minimum absolute atomic E-state index is 0.0351. The molecule has 0 aliphatic rings. The number of benzene rings is 1. The molecule has 1 aromatic carbocycles. The lowest BCUT2D eigenvalue weighted by Crippen LogP contribution is -2.25. The molecule has 0 aromatic heterocycles. The van der Waals surface area contributed by atoms with Crippen LogP contribution < -0.4 is 15.2 Å². The Labute approximate surface area is 110 Å². The highest BCUT2D eigenvalue weighted by molar-refractivity contribution is 7.89. The predicted octanol–water partition coefficient (Wildman–Crippen LogP) is 0.432. The van der Waals surface area contributed by atoms with Crippen LogP contribution in [0.3, 0.4) is 0 Å². The molecule has 0 aliphatic carbocycles. The van der Waals surface area contributed by atoms with Crippen molar-refractivity contribution in [2.45, 2.75) is 11.3 Å². The van der Waals surface area contributed by atoms with E-state index in [1.807, 2.05) is 0 Å². The number of hydrogen-bond donors (Lipinski definition) is 2. The highest BCUT2D eigenvalue weighted by Crippen LogP contribution is 2.21. The lowest BCUT2D eigenvalue weighted by atomic mass is 10.2. The maximum atomic E-state index is 11.9. The van der Waals surface area contributed by atoms with E-state index in [0.29, 0.717) is 0 Å². The second-order valence-corrected chi connectivity index (χ2v) is 5.27. The van der Waals surface area contributed by atoms with Crippen LogP contribution in [0.1, 0.15) is 16.8 Å². The topological polar surface area (TPSA) is 98.5 Å². The standard InChI is InChI=1S/C11H15FN2O4S/c1-18-10-4-3-8(19(13,16)17)7-9(10)11(15)14-6-2-5-12/h3-4,7H,2,5-6H2,1H3,(H,14,15)(H2,13,16,17). The third-order valence-electron chi connectivity index (χ3n) is 2.34. The quantitative estimate of drug-likeness (QED) is 0.742. The van der Waals surface area contributed by atoms with E-state index in [1.165, 1.54) is 19.2 Å². The van der Waals surface area contributed by atoms with Gasteiger partial charge in [-0.15, -0.1) is 0 Å². The van der Waals surface area contributed by atoms with Crippen molar-refractivity contribution in [1.82, 2.24) is 5.32 Å². The number of methoxy groups -OCH3 is 1. The number of sulfonamides is 1. The summed E-state index contributed by atoms with van der Waals surface area (Å²) in [5.41, 5.74) is 0.0351. The van der Waals surface area contributed by atoms with E-state index >= 15 is 0 Å². The number of amides is 1. The van der Waals surface area contributed by atoms with Crippen molar-refractivity contribution in [3.05, 3.63) is 23.8 Å². The summed E-state index contributed by atoms with van der Waals surface area (Å²) in [7, 11) is -2.55. The molecule has 0 aliphatic heterocycles. The average Bonchev–Trinajstić information content (AvgIpc) is 2.37. The molecule has 1 aromatic rings. The normalized spacial score (nSPS) is 11.1. The Kier molecular flexibility index (Phi) is 5.25. The SMILES string of the molecule is COc1ccc(S(N)(=O)=O)cc1C(=O)NCCCF. The van der Waals surface area contributed by atoms with Gasteiger partial charge in [0, 0.05) is 6.54 Å². The van der Waals surface area contributed by atoms with Gasteiger partial charge in [-0.3, -0.25) is 9.18 Å². The molecule has 1 amide bonds. The summed E-state index contributed by atoms with van der Waals surface area (Å²) in [6.45, 7) is -0.396. The van der Waals surface area contributed by atoms with E-state index in [2.05, 4.69) is 5.32 Å². The second-order valence-electron chi connectivity index (χ2n) is 3.71. The molecule has 0 atom stereocenters. The number of rotatable bonds is 6. The van der Waals surface area contributed by atoms with Gasteiger partial charge in [0.05, 0.1) is 24.2 Å². The number of halogens is 1. The van der Waals surface area contributed by atoms with Crippen LogP contribution in [0.25, 0.3) is 0 Å². The molecular weight excluding hydrogens is 275 g/mol. The van der Waals surface area contributed by atoms with Gasteiger partial charge >= 0.3 is 0 Å². The number of alkyl halides is 1. The summed E-state index contributed by atoms with van der Waals surface area (Å²) >= 11 is 0.